The molecule has 0 aromatic carbocycles. The van der Waals surface area contributed by atoms with Crippen LogP contribution in [0.3, 0.4) is 0 Å². The van der Waals surface area contributed by atoms with Crippen molar-refractivity contribution in [3.05, 3.63) is 0 Å². The molecular weight excluding hydrogens is 218 g/mol. The van der Waals surface area contributed by atoms with Gasteiger partial charge in [0.15, 0.2) is 0 Å². The van der Waals surface area contributed by atoms with Crippen molar-refractivity contribution < 1.29 is 14.3 Å². The molecule has 0 bridgehead atoms. The smallest absolute Gasteiger partial charge is 0.410 e. The maximum absolute atomic E-state index is 11.9. The van der Waals surface area contributed by atoms with Gasteiger partial charge in [-0.25, -0.2) is 4.79 Å². The SMILES string of the molecule is CN(C(=O)OC(C)(C)C)C(C)(C=O)CC1CC1. The zero-order valence-corrected chi connectivity index (χ0v) is 11.4. The van der Waals surface area contributed by atoms with Crippen molar-refractivity contribution in [2.45, 2.75) is 58.1 Å². The Morgan fingerprint density at radius 1 is 1.35 bits per heavy atom. The van der Waals surface area contributed by atoms with Crippen LogP contribution >= 0.6 is 0 Å². The second kappa shape index (κ2) is 4.67. The van der Waals surface area contributed by atoms with E-state index in [1.165, 1.54) is 4.90 Å². The summed E-state index contributed by atoms with van der Waals surface area (Å²) in [5.74, 6) is 0.579. The number of carbonyl (C=O) groups is 2. The summed E-state index contributed by atoms with van der Waals surface area (Å²) in [6.45, 7) is 7.25. The molecule has 1 fully saturated rings. The van der Waals surface area contributed by atoms with Gasteiger partial charge in [-0.3, -0.25) is 4.90 Å². The Hall–Kier alpha value is -1.06. The van der Waals surface area contributed by atoms with Gasteiger partial charge < -0.3 is 9.53 Å². The zero-order chi connectivity index (χ0) is 13.3. The van der Waals surface area contributed by atoms with Crippen molar-refractivity contribution in [2.24, 2.45) is 5.92 Å². The summed E-state index contributed by atoms with van der Waals surface area (Å²) in [6, 6.07) is 0. The van der Waals surface area contributed by atoms with Gasteiger partial charge in [0.2, 0.25) is 0 Å². The highest BCUT2D eigenvalue weighted by Gasteiger charge is 2.39. The molecule has 1 amide bonds. The Morgan fingerprint density at radius 2 is 1.88 bits per heavy atom. The van der Waals surface area contributed by atoms with Gasteiger partial charge in [0.05, 0.1) is 5.54 Å². The molecule has 0 N–H and O–H groups in total. The largest absolute Gasteiger partial charge is 0.444 e. The highest BCUT2D eigenvalue weighted by Crippen LogP contribution is 2.38. The van der Waals surface area contributed by atoms with Crippen LogP contribution in [-0.2, 0) is 9.53 Å². The summed E-state index contributed by atoms with van der Waals surface area (Å²) in [5.41, 5.74) is -1.28. The van der Waals surface area contributed by atoms with E-state index in [0.717, 1.165) is 25.5 Å². The number of rotatable bonds is 4. The van der Waals surface area contributed by atoms with E-state index in [2.05, 4.69) is 0 Å². The van der Waals surface area contributed by atoms with Gasteiger partial charge >= 0.3 is 6.09 Å². The number of likely N-dealkylation sites (N-methyl/N-ethyl adjacent to an activating group) is 1. The molecule has 98 valence electrons. The fraction of sp³-hybridized carbons (Fsp3) is 0.846. The van der Waals surface area contributed by atoms with E-state index >= 15 is 0 Å². The lowest BCUT2D eigenvalue weighted by Crippen LogP contribution is -2.50. The zero-order valence-electron chi connectivity index (χ0n) is 11.4. The maximum atomic E-state index is 11.9. The second-order valence-electron chi connectivity index (χ2n) is 6.16. The van der Waals surface area contributed by atoms with Gasteiger partial charge in [-0.2, -0.15) is 0 Å². The van der Waals surface area contributed by atoms with Crippen LogP contribution in [0.2, 0.25) is 0 Å². The van der Waals surface area contributed by atoms with Crippen LogP contribution in [0.25, 0.3) is 0 Å². The molecule has 0 heterocycles. The molecule has 1 rings (SSSR count). The minimum atomic E-state index is -0.747. The minimum Gasteiger partial charge on any atom is -0.444 e. The van der Waals surface area contributed by atoms with Crippen molar-refractivity contribution in [1.29, 1.82) is 0 Å². The first-order valence-corrected chi connectivity index (χ1v) is 6.11. The highest BCUT2D eigenvalue weighted by molar-refractivity contribution is 5.76. The van der Waals surface area contributed by atoms with Gasteiger partial charge in [0, 0.05) is 7.05 Å². The summed E-state index contributed by atoms with van der Waals surface area (Å²) >= 11 is 0. The topological polar surface area (TPSA) is 46.6 Å². The summed E-state index contributed by atoms with van der Waals surface area (Å²) in [5, 5.41) is 0. The molecule has 4 nitrogen and oxygen atoms in total. The van der Waals surface area contributed by atoms with E-state index in [1.807, 2.05) is 20.8 Å². The summed E-state index contributed by atoms with van der Waals surface area (Å²) in [6.07, 6.45) is 3.46. The fourth-order valence-electron chi connectivity index (χ4n) is 1.71. The normalized spacial score (nSPS) is 19.4. The molecule has 17 heavy (non-hydrogen) atoms. The molecule has 0 aromatic heterocycles. The highest BCUT2D eigenvalue weighted by atomic mass is 16.6. The second-order valence-corrected chi connectivity index (χ2v) is 6.16. The van der Waals surface area contributed by atoms with E-state index in [1.54, 1.807) is 14.0 Å². The van der Waals surface area contributed by atoms with E-state index in [0.29, 0.717) is 5.92 Å². The minimum absolute atomic E-state index is 0.437. The monoisotopic (exact) mass is 241 g/mol. The third kappa shape index (κ3) is 4.02. The van der Waals surface area contributed by atoms with Crippen LogP contribution in [-0.4, -0.2) is 35.5 Å². The Labute approximate surface area is 103 Å². The quantitative estimate of drug-likeness (QED) is 0.711. The molecule has 0 radical (unpaired) electrons. The lowest BCUT2D eigenvalue weighted by molar-refractivity contribution is -0.117. The van der Waals surface area contributed by atoms with Crippen molar-refractivity contribution in [2.75, 3.05) is 7.05 Å². The standard InChI is InChI=1S/C13H23NO3/c1-12(2,3)17-11(16)14(5)13(4,9-15)8-10-6-7-10/h9-10H,6-8H2,1-5H3. The van der Waals surface area contributed by atoms with Crippen LogP contribution in [0.5, 0.6) is 0 Å². The van der Waals surface area contributed by atoms with Gasteiger partial charge in [0.25, 0.3) is 0 Å². The van der Waals surface area contributed by atoms with Gasteiger partial charge in [0.1, 0.15) is 11.9 Å². The first kappa shape index (κ1) is 14.0. The van der Waals surface area contributed by atoms with Crippen molar-refractivity contribution >= 4 is 12.4 Å². The number of hydrogen-bond acceptors (Lipinski definition) is 3. The molecular formula is C13H23NO3. The third-order valence-corrected chi connectivity index (χ3v) is 3.09. The van der Waals surface area contributed by atoms with E-state index in [9.17, 15) is 9.59 Å². The molecule has 0 saturated heterocycles. The summed E-state index contributed by atoms with van der Waals surface area (Å²) in [4.78, 5) is 24.6. The van der Waals surface area contributed by atoms with Crippen LogP contribution in [0.4, 0.5) is 4.79 Å². The van der Waals surface area contributed by atoms with Crippen molar-refractivity contribution in [3.63, 3.8) is 0 Å². The predicted molar refractivity (Wildman–Crippen MR) is 65.8 cm³/mol. The number of hydrogen-bond donors (Lipinski definition) is 0. The Balaban J connectivity index is 2.66. The van der Waals surface area contributed by atoms with Crippen LogP contribution in [0, 0.1) is 5.92 Å². The number of nitrogens with zero attached hydrogens (tertiary/aromatic N) is 1. The first-order chi connectivity index (χ1) is 7.68. The number of ether oxygens (including phenoxy) is 1. The summed E-state index contributed by atoms with van der Waals surface area (Å²) in [7, 11) is 1.63. The van der Waals surface area contributed by atoms with E-state index in [4.69, 9.17) is 4.74 Å². The molecule has 1 atom stereocenters. The van der Waals surface area contributed by atoms with Gasteiger partial charge in [-0.1, -0.05) is 12.8 Å². The predicted octanol–water partition coefficient (Wildman–Crippen LogP) is 2.61. The summed E-state index contributed by atoms with van der Waals surface area (Å²) < 4.78 is 5.28. The van der Waals surface area contributed by atoms with E-state index < -0.39 is 17.2 Å². The average molecular weight is 241 g/mol. The third-order valence-electron chi connectivity index (χ3n) is 3.09. The van der Waals surface area contributed by atoms with E-state index in [-0.39, 0.29) is 0 Å². The van der Waals surface area contributed by atoms with Gasteiger partial charge in [-0.15, -0.1) is 0 Å². The number of carbonyl (C=O) groups excluding carboxylic acids is 2. The van der Waals surface area contributed by atoms with Crippen molar-refractivity contribution in [1.82, 2.24) is 4.90 Å². The maximum Gasteiger partial charge on any atom is 0.410 e. The molecule has 4 heteroatoms. The van der Waals surface area contributed by atoms with Gasteiger partial charge in [-0.05, 0) is 40.0 Å². The molecule has 0 aliphatic heterocycles. The Morgan fingerprint density at radius 3 is 2.24 bits per heavy atom. The molecule has 0 aromatic rings. The molecule has 0 spiro atoms. The molecule has 1 aliphatic rings. The molecule has 1 aliphatic carbocycles. The Bertz CT molecular complexity index is 304. The van der Waals surface area contributed by atoms with Crippen LogP contribution in [0.1, 0.15) is 47.0 Å². The average Bonchev–Trinajstić information content (AvgIpc) is 2.97. The van der Waals surface area contributed by atoms with Crippen molar-refractivity contribution in [3.8, 4) is 0 Å². The fourth-order valence-corrected chi connectivity index (χ4v) is 1.71. The van der Waals surface area contributed by atoms with Crippen LogP contribution in [0.15, 0.2) is 0 Å². The molecule has 1 unspecified atom stereocenters. The first-order valence-electron chi connectivity index (χ1n) is 6.11. The lowest BCUT2D eigenvalue weighted by Gasteiger charge is -2.35. The Kier molecular flexibility index (Phi) is 3.84. The molecule has 1 saturated carbocycles. The number of amides is 1. The lowest BCUT2D eigenvalue weighted by atomic mass is 9.95. The van der Waals surface area contributed by atoms with Crippen LogP contribution < -0.4 is 0 Å². The number of aldehydes is 1.